The Bertz CT molecular complexity index is 701. The molecular weight excluding hydrogens is 344 g/mol. The third-order valence-corrected chi connectivity index (χ3v) is 4.19. The monoisotopic (exact) mass is 372 g/mol. The van der Waals surface area contributed by atoms with E-state index < -0.39 is 0 Å². The average Bonchev–Trinajstić information content (AvgIpc) is 2.63. The lowest BCUT2D eigenvalue weighted by molar-refractivity contribution is 0.342. The van der Waals surface area contributed by atoms with Gasteiger partial charge >= 0.3 is 0 Å². The van der Waals surface area contributed by atoms with Crippen LogP contribution in [0, 0.1) is 5.92 Å². The Labute approximate surface area is 161 Å². The topological polar surface area (TPSA) is 42.5 Å². The van der Waals surface area contributed by atoms with Gasteiger partial charge in [0, 0.05) is 0 Å². The molecule has 0 aliphatic carbocycles. The van der Waals surface area contributed by atoms with Crippen molar-refractivity contribution in [1.82, 2.24) is 5.32 Å². The first-order valence-corrected chi connectivity index (χ1v) is 9.37. The van der Waals surface area contributed by atoms with Gasteiger partial charge in [-0.25, -0.2) is 0 Å². The van der Waals surface area contributed by atoms with E-state index in [2.05, 4.69) is 36.6 Å². The van der Waals surface area contributed by atoms with Gasteiger partial charge in [-0.15, -0.1) is 0 Å². The van der Waals surface area contributed by atoms with Crippen molar-refractivity contribution in [1.29, 1.82) is 0 Å². The third-order valence-electron chi connectivity index (χ3n) is 3.97. The highest BCUT2D eigenvalue weighted by molar-refractivity contribution is 7.80. The van der Waals surface area contributed by atoms with Crippen LogP contribution in [0.2, 0.25) is 0 Å². The lowest BCUT2D eigenvalue weighted by Crippen LogP contribution is -2.33. The number of anilines is 1. The normalized spacial score (nSPS) is 11.7. The first-order valence-electron chi connectivity index (χ1n) is 8.96. The fourth-order valence-electron chi connectivity index (χ4n) is 2.75. The summed E-state index contributed by atoms with van der Waals surface area (Å²) in [5, 5.41) is 7.29. The molecule has 0 heterocycles. The standard InChI is InChI=1S/C21H28N2O2S/c1-5-25-20-9-7-6-8-18(20)22-21(26)23-19(14-15(2)3)16-10-12-17(24-4)13-11-16/h6-13,15,19H,5,14H2,1-4H3,(H2,22,23,26)/t19-/m1/s1. The summed E-state index contributed by atoms with van der Waals surface area (Å²) in [7, 11) is 1.67. The van der Waals surface area contributed by atoms with Gasteiger partial charge in [-0.1, -0.05) is 38.1 Å². The Morgan fingerprint density at radius 1 is 1.08 bits per heavy atom. The van der Waals surface area contributed by atoms with Gasteiger partial charge in [0.05, 0.1) is 25.4 Å². The summed E-state index contributed by atoms with van der Waals surface area (Å²) in [6, 6.07) is 16.0. The van der Waals surface area contributed by atoms with Gasteiger partial charge < -0.3 is 20.1 Å². The number of nitrogens with one attached hydrogen (secondary N) is 2. The fraction of sp³-hybridized carbons (Fsp3) is 0.381. The van der Waals surface area contributed by atoms with Crippen LogP contribution in [0.15, 0.2) is 48.5 Å². The van der Waals surface area contributed by atoms with Gasteiger partial charge in [0.2, 0.25) is 0 Å². The molecule has 0 unspecified atom stereocenters. The number of para-hydroxylation sites is 2. The van der Waals surface area contributed by atoms with Gasteiger partial charge in [-0.2, -0.15) is 0 Å². The molecule has 2 aromatic rings. The largest absolute Gasteiger partial charge is 0.497 e. The maximum atomic E-state index is 5.65. The van der Waals surface area contributed by atoms with Crippen LogP contribution in [0.25, 0.3) is 0 Å². The van der Waals surface area contributed by atoms with E-state index in [1.807, 2.05) is 43.3 Å². The van der Waals surface area contributed by atoms with Crippen molar-refractivity contribution in [2.75, 3.05) is 19.0 Å². The van der Waals surface area contributed by atoms with E-state index in [1.54, 1.807) is 7.11 Å². The Kier molecular flexibility index (Phi) is 7.73. The summed E-state index contributed by atoms with van der Waals surface area (Å²) in [6.07, 6.45) is 0.973. The van der Waals surface area contributed by atoms with Crippen molar-refractivity contribution in [3.63, 3.8) is 0 Å². The molecule has 2 aromatic carbocycles. The van der Waals surface area contributed by atoms with Crippen LogP contribution < -0.4 is 20.1 Å². The molecule has 1 atom stereocenters. The van der Waals surface area contributed by atoms with Gasteiger partial charge in [0.25, 0.3) is 0 Å². The maximum Gasteiger partial charge on any atom is 0.171 e. The molecule has 0 bridgehead atoms. The highest BCUT2D eigenvalue weighted by Crippen LogP contribution is 2.26. The second kappa shape index (κ2) is 10.0. The molecule has 0 aromatic heterocycles. The smallest absolute Gasteiger partial charge is 0.171 e. The van der Waals surface area contributed by atoms with Crippen LogP contribution in [0.5, 0.6) is 11.5 Å². The van der Waals surface area contributed by atoms with Gasteiger partial charge in [-0.3, -0.25) is 0 Å². The van der Waals surface area contributed by atoms with Crippen molar-refractivity contribution in [2.24, 2.45) is 5.92 Å². The van der Waals surface area contributed by atoms with E-state index >= 15 is 0 Å². The molecule has 0 aliphatic rings. The molecule has 0 aliphatic heterocycles. The van der Waals surface area contributed by atoms with Crippen LogP contribution in [0.3, 0.4) is 0 Å². The maximum absolute atomic E-state index is 5.65. The molecule has 2 rings (SSSR count). The molecule has 0 saturated carbocycles. The number of hydrogen-bond donors (Lipinski definition) is 2. The molecule has 0 saturated heterocycles. The molecule has 140 valence electrons. The first kappa shape index (κ1) is 20.0. The second-order valence-corrected chi connectivity index (χ2v) is 6.89. The predicted molar refractivity (Wildman–Crippen MR) is 112 cm³/mol. The van der Waals surface area contributed by atoms with Crippen molar-refractivity contribution in [2.45, 2.75) is 33.2 Å². The minimum atomic E-state index is 0.125. The van der Waals surface area contributed by atoms with Crippen LogP contribution in [-0.4, -0.2) is 18.8 Å². The minimum Gasteiger partial charge on any atom is -0.497 e. The predicted octanol–water partition coefficient (Wildman–Crippen LogP) is 5.17. The van der Waals surface area contributed by atoms with Gasteiger partial charge in [-0.05, 0) is 61.3 Å². The lowest BCUT2D eigenvalue weighted by atomic mass is 9.97. The zero-order valence-corrected chi connectivity index (χ0v) is 16.7. The van der Waals surface area contributed by atoms with E-state index in [0.29, 0.717) is 17.6 Å². The Morgan fingerprint density at radius 3 is 2.38 bits per heavy atom. The zero-order valence-electron chi connectivity index (χ0n) is 15.9. The molecule has 0 fully saturated rings. The van der Waals surface area contributed by atoms with Crippen LogP contribution in [0.1, 0.15) is 38.8 Å². The Hall–Kier alpha value is -2.27. The molecule has 0 radical (unpaired) electrons. The Morgan fingerprint density at radius 2 is 1.77 bits per heavy atom. The fourth-order valence-corrected chi connectivity index (χ4v) is 3.01. The summed E-state index contributed by atoms with van der Waals surface area (Å²) < 4.78 is 10.9. The van der Waals surface area contributed by atoms with E-state index in [9.17, 15) is 0 Å². The summed E-state index contributed by atoms with van der Waals surface area (Å²) in [4.78, 5) is 0. The van der Waals surface area contributed by atoms with Gasteiger partial charge in [0.15, 0.2) is 5.11 Å². The summed E-state index contributed by atoms with van der Waals surface area (Å²) in [6.45, 7) is 6.99. The van der Waals surface area contributed by atoms with E-state index in [4.69, 9.17) is 21.7 Å². The lowest BCUT2D eigenvalue weighted by Gasteiger charge is -2.24. The molecular formula is C21H28N2O2S. The summed E-state index contributed by atoms with van der Waals surface area (Å²) >= 11 is 5.56. The highest BCUT2D eigenvalue weighted by Gasteiger charge is 2.15. The highest BCUT2D eigenvalue weighted by atomic mass is 32.1. The summed E-state index contributed by atoms with van der Waals surface area (Å²) in [5.74, 6) is 2.18. The van der Waals surface area contributed by atoms with Crippen LogP contribution in [0.4, 0.5) is 5.69 Å². The van der Waals surface area contributed by atoms with Crippen molar-refractivity contribution in [3.05, 3.63) is 54.1 Å². The van der Waals surface area contributed by atoms with E-state index in [0.717, 1.165) is 23.6 Å². The van der Waals surface area contributed by atoms with Gasteiger partial charge in [0.1, 0.15) is 11.5 Å². The number of benzene rings is 2. The molecule has 5 heteroatoms. The SMILES string of the molecule is CCOc1ccccc1NC(=S)N[C@H](CC(C)C)c1ccc(OC)cc1. The minimum absolute atomic E-state index is 0.125. The second-order valence-electron chi connectivity index (χ2n) is 6.48. The number of methoxy groups -OCH3 is 1. The molecule has 0 spiro atoms. The molecule has 0 amide bonds. The van der Waals surface area contributed by atoms with Crippen LogP contribution in [-0.2, 0) is 0 Å². The third kappa shape index (κ3) is 5.92. The van der Waals surface area contributed by atoms with Crippen LogP contribution >= 0.6 is 12.2 Å². The molecule has 2 N–H and O–H groups in total. The van der Waals surface area contributed by atoms with Crippen molar-refractivity contribution < 1.29 is 9.47 Å². The first-order chi connectivity index (χ1) is 12.5. The molecule has 4 nitrogen and oxygen atoms in total. The molecule has 26 heavy (non-hydrogen) atoms. The quantitative estimate of drug-likeness (QED) is 0.626. The number of ether oxygens (including phenoxy) is 2. The van der Waals surface area contributed by atoms with Crippen molar-refractivity contribution in [3.8, 4) is 11.5 Å². The summed E-state index contributed by atoms with van der Waals surface area (Å²) in [5.41, 5.74) is 2.05. The van der Waals surface area contributed by atoms with E-state index in [-0.39, 0.29) is 6.04 Å². The number of hydrogen-bond acceptors (Lipinski definition) is 3. The Balaban J connectivity index is 2.11. The van der Waals surface area contributed by atoms with E-state index in [1.165, 1.54) is 5.56 Å². The average molecular weight is 373 g/mol. The zero-order chi connectivity index (χ0) is 18.9. The number of thiocarbonyl (C=S) groups is 1. The number of rotatable bonds is 8. The van der Waals surface area contributed by atoms with Crippen molar-refractivity contribution >= 4 is 23.0 Å².